The molecule has 2 bridgehead atoms. The van der Waals surface area contributed by atoms with Gasteiger partial charge in [-0.3, -0.25) is 19.4 Å². The first-order valence-corrected chi connectivity index (χ1v) is 10.7. The lowest BCUT2D eigenvalue weighted by atomic mass is 10.1. The van der Waals surface area contributed by atoms with Crippen molar-refractivity contribution < 1.29 is 24.6 Å². The molecule has 166 valence electrons. The summed E-state index contributed by atoms with van der Waals surface area (Å²) in [4.78, 5) is 43.1. The van der Waals surface area contributed by atoms with Crippen LogP contribution in [0.15, 0.2) is 0 Å². The number of ketones is 1. The minimum absolute atomic E-state index is 0.0261. The molecule has 0 aromatic carbocycles. The number of fused-ring (bicyclic) bond motifs is 3. The van der Waals surface area contributed by atoms with Crippen LogP contribution in [0.1, 0.15) is 32.6 Å². The second-order valence-corrected chi connectivity index (χ2v) is 8.19. The van der Waals surface area contributed by atoms with Crippen LogP contribution in [0.5, 0.6) is 0 Å². The van der Waals surface area contributed by atoms with E-state index in [4.69, 9.17) is 5.11 Å². The van der Waals surface area contributed by atoms with Gasteiger partial charge in [0.05, 0.1) is 6.54 Å². The molecule has 3 atom stereocenters. The van der Waals surface area contributed by atoms with Gasteiger partial charge in [-0.2, -0.15) is 0 Å². The summed E-state index contributed by atoms with van der Waals surface area (Å²) in [5.41, 5.74) is 0. The fourth-order valence-corrected chi connectivity index (χ4v) is 4.21. The molecule has 2 fully saturated rings. The van der Waals surface area contributed by atoms with Gasteiger partial charge < -0.3 is 24.8 Å². The number of Topliss-reactive ketones (excluding diaryl/α,β-unsaturated/α-hetero) is 1. The lowest BCUT2D eigenvalue weighted by Crippen LogP contribution is -2.50. The highest BCUT2D eigenvalue weighted by Gasteiger charge is 2.27. The lowest BCUT2D eigenvalue weighted by Gasteiger charge is -2.37. The summed E-state index contributed by atoms with van der Waals surface area (Å²) in [5.74, 6) is -1.61. The van der Waals surface area contributed by atoms with Crippen LogP contribution in [-0.4, -0.2) is 126 Å². The molecule has 0 spiro atoms. The third-order valence-electron chi connectivity index (χ3n) is 5.89. The summed E-state index contributed by atoms with van der Waals surface area (Å²) in [6.45, 7) is 9.71. The quantitative estimate of drug-likeness (QED) is 0.593. The van der Waals surface area contributed by atoms with Crippen LogP contribution >= 0.6 is 0 Å². The molecular formula is C20H36N4O5. The van der Waals surface area contributed by atoms with Gasteiger partial charge in [0.1, 0.15) is 11.8 Å². The topological polar surface area (TPSA) is 105 Å². The Morgan fingerprint density at radius 3 is 1.97 bits per heavy atom. The molecule has 0 saturated carbocycles. The third kappa shape index (κ3) is 8.77. The van der Waals surface area contributed by atoms with E-state index in [0.717, 1.165) is 65.2 Å². The Morgan fingerprint density at radius 1 is 0.793 bits per heavy atom. The molecule has 2 saturated heterocycles. The highest BCUT2D eigenvalue weighted by molar-refractivity contribution is 5.78. The van der Waals surface area contributed by atoms with E-state index < -0.39 is 18.0 Å². The molecule has 29 heavy (non-hydrogen) atoms. The Labute approximate surface area is 173 Å². The summed E-state index contributed by atoms with van der Waals surface area (Å²) in [7, 11) is 0. The van der Waals surface area contributed by atoms with Gasteiger partial charge in [0.25, 0.3) is 0 Å². The summed E-state index contributed by atoms with van der Waals surface area (Å²) in [6.07, 6.45) is 2.42. The van der Waals surface area contributed by atoms with E-state index in [9.17, 15) is 19.5 Å². The van der Waals surface area contributed by atoms with Crippen LogP contribution in [0, 0.1) is 0 Å². The van der Waals surface area contributed by atoms with Gasteiger partial charge in [-0.05, 0) is 39.3 Å². The van der Waals surface area contributed by atoms with Gasteiger partial charge >= 0.3 is 11.9 Å². The molecule has 0 radical (unpaired) electrons. The van der Waals surface area contributed by atoms with Crippen molar-refractivity contribution in [2.45, 2.75) is 38.6 Å². The summed E-state index contributed by atoms with van der Waals surface area (Å²) in [6, 6.07) is -0.618. The van der Waals surface area contributed by atoms with Crippen LogP contribution in [0.3, 0.4) is 0 Å². The minimum atomic E-state index is -0.850. The average molecular weight is 413 g/mol. The highest BCUT2D eigenvalue weighted by atomic mass is 16.4. The maximum Gasteiger partial charge on any atom is 0.320 e. The van der Waals surface area contributed by atoms with Gasteiger partial charge in [0.2, 0.25) is 0 Å². The van der Waals surface area contributed by atoms with Crippen LogP contribution in [0.2, 0.25) is 0 Å². The van der Waals surface area contributed by atoms with E-state index in [2.05, 4.69) is 9.80 Å². The van der Waals surface area contributed by atoms with Crippen molar-refractivity contribution in [2.75, 3.05) is 72.0 Å². The zero-order valence-corrected chi connectivity index (χ0v) is 17.6. The SMILES string of the molecule is CC(=O)CCC(C(=O)O)N1CCCN2CCN(CCCN(CC(=O)O)CC2)CC1. The Bertz CT molecular complexity index is 559. The monoisotopic (exact) mass is 412 g/mol. The lowest BCUT2D eigenvalue weighted by molar-refractivity contribution is -0.144. The Morgan fingerprint density at radius 2 is 1.38 bits per heavy atom. The molecule has 9 nitrogen and oxygen atoms in total. The molecule has 2 N–H and O–H groups in total. The molecule has 0 amide bonds. The highest BCUT2D eigenvalue weighted by Crippen LogP contribution is 2.12. The van der Waals surface area contributed by atoms with Crippen molar-refractivity contribution in [3.05, 3.63) is 0 Å². The van der Waals surface area contributed by atoms with E-state index in [1.54, 1.807) is 0 Å². The van der Waals surface area contributed by atoms with Crippen molar-refractivity contribution in [3.8, 4) is 0 Å². The molecule has 0 aliphatic carbocycles. The van der Waals surface area contributed by atoms with Crippen LogP contribution in [-0.2, 0) is 14.4 Å². The predicted molar refractivity (Wildman–Crippen MR) is 109 cm³/mol. The maximum atomic E-state index is 11.8. The van der Waals surface area contributed by atoms with Gasteiger partial charge in [0, 0.05) is 58.8 Å². The number of hydrogen-bond donors (Lipinski definition) is 2. The molecule has 9 heteroatoms. The zero-order chi connectivity index (χ0) is 21.2. The summed E-state index contributed by atoms with van der Waals surface area (Å²) in [5, 5.41) is 18.8. The summed E-state index contributed by atoms with van der Waals surface area (Å²) >= 11 is 0. The van der Waals surface area contributed by atoms with Crippen molar-refractivity contribution in [2.24, 2.45) is 0 Å². The standard InChI is InChI=1S/C20H36N4O5/c1-17(25)4-5-18(20(28)29)24-9-3-7-21-10-11-22(14-15-24)6-2-8-23(13-12-21)16-19(26)27/h18H,2-16H2,1H3,(H,26,27)(H,28,29). The molecule has 2 rings (SSSR count). The molecule has 2 aliphatic rings. The number of carboxylic acid groups (broad SMARTS) is 2. The fraction of sp³-hybridized carbons (Fsp3) is 0.850. The van der Waals surface area contributed by atoms with Crippen molar-refractivity contribution in [1.29, 1.82) is 0 Å². The minimum Gasteiger partial charge on any atom is -0.480 e. The largest absolute Gasteiger partial charge is 0.480 e. The smallest absolute Gasteiger partial charge is 0.320 e. The van der Waals surface area contributed by atoms with Gasteiger partial charge in [0.15, 0.2) is 0 Å². The number of aliphatic carboxylic acids is 2. The average Bonchev–Trinajstić information content (AvgIpc) is 2.65. The number of carbonyl (C=O) groups excluding carboxylic acids is 1. The van der Waals surface area contributed by atoms with Gasteiger partial charge in [-0.25, -0.2) is 0 Å². The molecular weight excluding hydrogens is 376 g/mol. The van der Waals surface area contributed by atoms with Crippen molar-refractivity contribution in [3.63, 3.8) is 0 Å². The first kappa shape index (κ1) is 23.7. The first-order chi connectivity index (χ1) is 13.8. The van der Waals surface area contributed by atoms with Crippen LogP contribution in [0.4, 0.5) is 0 Å². The molecule has 2 heterocycles. The van der Waals surface area contributed by atoms with Crippen LogP contribution in [0.25, 0.3) is 0 Å². The number of nitrogens with zero attached hydrogens (tertiary/aromatic N) is 4. The van der Waals surface area contributed by atoms with E-state index in [1.807, 2.05) is 9.80 Å². The van der Waals surface area contributed by atoms with Gasteiger partial charge in [-0.1, -0.05) is 0 Å². The Balaban J connectivity index is 2.04. The number of hydrogen-bond acceptors (Lipinski definition) is 7. The number of rotatable bonds is 7. The number of carbonyl (C=O) groups is 3. The Hall–Kier alpha value is -1.55. The zero-order valence-electron chi connectivity index (χ0n) is 17.6. The Kier molecular flexibility index (Phi) is 9.99. The second kappa shape index (κ2) is 12.2. The normalized spacial score (nSPS) is 26.5. The van der Waals surface area contributed by atoms with Crippen molar-refractivity contribution >= 4 is 17.7 Å². The first-order valence-electron chi connectivity index (χ1n) is 10.7. The van der Waals surface area contributed by atoms with E-state index in [-0.39, 0.29) is 12.3 Å². The third-order valence-corrected chi connectivity index (χ3v) is 5.89. The van der Waals surface area contributed by atoms with E-state index in [0.29, 0.717) is 25.9 Å². The molecule has 3 unspecified atom stereocenters. The molecule has 2 aliphatic heterocycles. The predicted octanol–water partition coefficient (Wildman–Crippen LogP) is -0.0912. The molecule has 0 aromatic rings. The fourth-order valence-electron chi connectivity index (χ4n) is 4.21. The van der Waals surface area contributed by atoms with Crippen molar-refractivity contribution in [1.82, 2.24) is 19.6 Å². The maximum absolute atomic E-state index is 11.8. The number of carboxylic acids is 2. The second-order valence-electron chi connectivity index (χ2n) is 8.19. The summed E-state index contributed by atoms with van der Waals surface area (Å²) < 4.78 is 0. The van der Waals surface area contributed by atoms with Crippen LogP contribution < -0.4 is 0 Å². The van der Waals surface area contributed by atoms with Gasteiger partial charge in [-0.15, -0.1) is 0 Å². The van der Waals surface area contributed by atoms with E-state index >= 15 is 0 Å². The van der Waals surface area contributed by atoms with E-state index in [1.165, 1.54) is 6.92 Å². The molecule has 0 aromatic heterocycles.